The summed E-state index contributed by atoms with van der Waals surface area (Å²) >= 11 is 4.82. The fourth-order valence-corrected chi connectivity index (χ4v) is 1.31. The lowest BCUT2D eigenvalue weighted by Gasteiger charge is -2.14. The number of nitrogens with zero attached hydrogens (tertiary/aromatic N) is 2. The second-order valence-corrected chi connectivity index (χ2v) is 3.62. The molecule has 1 aromatic rings. The molecule has 1 rings (SSSR count). The first-order valence-electron chi connectivity index (χ1n) is 4.55. The maximum Gasteiger partial charge on any atom is 0.573 e. The second-order valence-electron chi connectivity index (χ2n) is 3.28. The maximum atomic E-state index is 12.6. The number of halogens is 7. The monoisotopic (exact) mass is 338 g/mol. The molecule has 0 saturated carbocycles. The number of rotatable bonds is 3. The average molecular weight is 339 g/mol. The molecule has 0 bridgehead atoms. The third-order valence-electron chi connectivity index (χ3n) is 1.84. The van der Waals surface area contributed by atoms with Crippen LogP contribution in [0.15, 0.2) is 6.07 Å². The number of carbonyl (C=O) groups is 1. The molecule has 0 saturated heterocycles. The van der Waals surface area contributed by atoms with Gasteiger partial charge in [-0.3, -0.25) is 14.9 Å². The van der Waals surface area contributed by atoms with Crippen LogP contribution in [0.2, 0.25) is 0 Å². The van der Waals surface area contributed by atoms with Crippen molar-refractivity contribution in [1.82, 2.24) is 4.98 Å². The van der Waals surface area contributed by atoms with Crippen LogP contribution in [-0.2, 0) is 6.18 Å². The van der Waals surface area contributed by atoms with E-state index in [0.29, 0.717) is 0 Å². The molecule has 1 aromatic heterocycles. The van der Waals surface area contributed by atoms with E-state index in [1.54, 1.807) is 0 Å². The van der Waals surface area contributed by atoms with E-state index in [1.807, 2.05) is 0 Å². The predicted octanol–water partition coefficient (Wildman–Crippen LogP) is 3.29. The van der Waals surface area contributed by atoms with Crippen LogP contribution in [0, 0.1) is 10.1 Å². The van der Waals surface area contributed by atoms with E-state index in [9.17, 15) is 41.3 Å². The van der Waals surface area contributed by atoms with E-state index >= 15 is 0 Å². The number of ether oxygens (including phenoxy) is 1. The predicted molar refractivity (Wildman–Crippen MR) is 52.8 cm³/mol. The smallest absolute Gasteiger partial charge is 0.403 e. The summed E-state index contributed by atoms with van der Waals surface area (Å²) in [6.45, 7) is 0. The second kappa shape index (κ2) is 5.35. The Balaban J connectivity index is 3.64. The van der Waals surface area contributed by atoms with Crippen molar-refractivity contribution in [1.29, 1.82) is 0 Å². The Labute approximate surface area is 115 Å². The topological polar surface area (TPSA) is 82.3 Å². The normalized spacial score (nSPS) is 12.1. The van der Waals surface area contributed by atoms with Crippen molar-refractivity contribution in [3.05, 3.63) is 27.6 Å². The van der Waals surface area contributed by atoms with Gasteiger partial charge in [0.1, 0.15) is 0 Å². The van der Waals surface area contributed by atoms with E-state index in [0.717, 1.165) is 0 Å². The van der Waals surface area contributed by atoms with Crippen LogP contribution >= 0.6 is 11.6 Å². The molecule has 0 unspecified atom stereocenters. The Kier molecular flexibility index (Phi) is 4.32. The first-order chi connectivity index (χ1) is 9.33. The first kappa shape index (κ1) is 16.9. The molecule has 1 heterocycles. The van der Waals surface area contributed by atoms with Crippen LogP contribution in [-0.4, -0.2) is 21.5 Å². The third kappa shape index (κ3) is 4.18. The van der Waals surface area contributed by atoms with Gasteiger partial charge in [-0.15, -0.1) is 13.2 Å². The Bertz CT molecular complexity index is 600. The summed E-state index contributed by atoms with van der Waals surface area (Å²) in [5, 5.41) is 8.80. The summed E-state index contributed by atoms with van der Waals surface area (Å²) < 4.78 is 76.8. The van der Waals surface area contributed by atoms with Crippen molar-refractivity contribution in [3.63, 3.8) is 0 Å². The van der Waals surface area contributed by atoms with Crippen LogP contribution in [0.4, 0.5) is 32.0 Å². The van der Waals surface area contributed by atoms with E-state index in [2.05, 4.69) is 9.72 Å². The Morgan fingerprint density at radius 2 is 1.81 bits per heavy atom. The van der Waals surface area contributed by atoms with Gasteiger partial charge in [0.25, 0.3) is 5.24 Å². The highest BCUT2D eigenvalue weighted by Gasteiger charge is 2.43. The van der Waals surface area contributed by atoms with Crippen molar-refractivity contribution in [3.8, 4) is 5.75 Å². The van der Waals surface area contributed by atoms with Gasteiger partial charge in [0, 0.05) is 0 Å². The third-order valence-corrected chi connectivity index (χ3v) is 2.02. The number of alkyl halides is 6. The molecule has 0 radical (unpaired) electrons. The van der Waals surface area contributed by atoms with Crippen LogP contribution < -0.4 is 4.74 Å². The molecule has 0 aliphatic heterocycles. The fourth-order valence-electron chi connectivity index (χ4n) is 1.17. The quantitative estimate of drug-likeness (QED) is 0.365. The molecule has 21 heavy (non-hydrogen) atoms. The molecule has 116 valence electrons. The van der Waals surface area contributed by atoms with Crippen molar-refractivity contribution in [2.24, 2.45) is 0 Å². The summed E-state index contributed by atoms with van der Waals surface area (Å²) in [4.78, 5) is 22.4. The Morgan fingerprint density at radius 3 is 2.14 bits per heavy atom. The molecule has 6 nitrogen and oxygen atoms in total. The van der Waals surface area contributed by atoms with Crippen molar-refractivity contribution in [2.75, 3.05) is 0 Å². The Morgan fingerprint density at radius 1 is 1.29 bits per heavy atom. The number of hydrogen-bond donors (Lipinski definition) is 0. The van der Waals surface area contributed by atoms with E-state index < -0.39 is 45.5 Å². The first-order valence-corrected chi connectivity index (χ1v) is 4.93. The number of hydrogen-bond acceptors (Lipinski definition) is 5. The molecule has 0 fully saturated rings. The standard InChI is InChI=1S/C8HClF6N2O4/c9-6(18)4-2(17(19)20)1-3(21-8(13,14)15)5(16-4)7(10,11)12/h1H. The molecule has 0 atom stereocenters. The molecule has 0 amide bonds. The highest BCUT2D eigenvalue weighted by molar-refractivity contribution is 6.67. The Hall–Kier alpha value is -2.11. The minimum absolute atomic E-state index is 0.223. The SMILES string of the molecule is O=C(Cl)c1nc(C(F)(F)F)c(OC(F)(F)F)cc1[N+](=O)[O-]. The van der Waals surface area contributed by atoms with Gasteiger partial charge in [0.15, 0.2) is 11.4 Å². The van der Waals surface area contributed by atoms with Gasteiger partial charge in [0.05, 0.1) is 11.0 Å². The van der Waals surface area contributed by atoms with E-state index in [1.165, 1.54) is 0 Å². The van der Waals surface area contributed by atoms with Crippen LogP contribution in [0.1, 0.15) is 16.2 Å². The summed E-state index contributed by atoms with van der Waals surface area (Å²) in [5.41, 5.74) is -5.18. The zero-order chi connectivity index (χ0) is 16.6. The molecule has 0 aliphatic carbocycles. The van der Waals surface area contributed by atoms with Gasteiger partial charge in [0.2, 0.25) is 5.69 Å². The lowest BCUT2D eigenvalue weighted by molar-refractivity contribution is -0.385. The van der Waals surface area contributed by atoms with Crippen molar-refractivity contribution >= 4 is 22.5 Å². The highest BCUT2D eigenvalue weighted by atomic mass is 35.5. The summed E-state index contributed by atoms with van der Waals surface area (Å²) in [6.07, 6.45) is -11.0. The minimum Gasteiger partial charge on any atom is -0.403 e. The van der Waals surface area contributed by atoms with Gasteiger partial charge in [-0.2, -0.15) is 13.2 Å². The van der Waals surface area contributed by atoms with Crippen LogP contribution in [0.5, 0.6) is 5.75 Å². The summed E-state index contributed by atoms with van der Waals surface area (Å²) in [6, 6.07) is -0.223. The molecular weight excluding hydrogens is 338 g/mol. The number of pyridine rings is 1. The molecular formula is C8HClF6N2O4. The molecule has 13 heteroatoms. The molecule has 0 spiro atoms. The lowest BCUT2D eigenvalue weighted by Crippen LogP contribution is -2.22. The average Bonchev–Trinajstić information content (AvgIpc) is 2.23. The van der Waals surface area contributed by atoms with E-state index in [4.69, 9.17) is 11.6 Å². The zero-order valence-corrected chi connectivity index (χ0v) is 10.0. The number of carbonyl (C=O) groups excluding carboxylic acids is 1. The van der Waals surface area contributed by atoms with Crippen LogP contribution in [0.25, 0.3) is 0 Å². The van der Waals surface area contributed by atoms with Gasteiger partial charge in [-0.05, 0) is 11.6 Å². The lowest BCUT2D eigenvalue weighted by atomic mass is 10.2. The van der Waals surface area contributed by atoms with Gasteiger partial charge in [-0.1, -0.05) is 0 Å². The van der Waals surface area contributed by atoms with Crippen LogP contribution in [0.3, 0.4) is 0 Å². The molecule has 0 aromatic carbocycles. The summed E-state index contributed by atoms with van der Waals surface area (Å²) in [5.74, 6) is -1.97. The van der Waals surface area contributed by atoms with E-state index in [-0.39, 0.29) is 6.07 Å². The number of nitro groups is 1. The van der Waals surface area contributed by atoms with Gasteiger partial charge < -0.3 is 4.74 Å². The summed E-state index contributed by atoms with van der Waals surface area (Å²) in [7, 11) is 0. The number of aromatic nitrogens is 1. The zero-order valence-electron chi connectivity index (χ0n) is 9.25. The van der Waals surface area contributed by atoms with Gasteiger partial charge in [-0.25, -0.2) is 4.98 Å². The minimum atomic E-state index is -5.55. The largest absolute Gasteiger partial charge is 0.573 e. The molecule has 0 aliphatic rings. The highest BCUT2D eigenvalue weighted by Crippen LogP contribution is 2.40. The van der Waals surface area contributed by atoms with Gasteiger partial charge >= 0.3 is 18.2 Å². The van der Waals surface area contributed by atoms with Crippen molar-refractivity contribution < 1.29 is 40.8 Å². The maximum absolute atomic E-state index is 12.6. The fraction of sp³-hybridized carbons (Fsp3) is 0.250. The van der Waals surface area contributed by atoms with Crippen molar-refractivity contribution in [2.45, 2.75) is 12.5 Å². The molecule has 0 N–H and O–H groups in total.